The largest absolute Gasteiger partial charge is 0.452 e. The molecule has 18 heavy (non-hydrogen) atoms. The molecule has 0 radical (unpaired) electrons. The molecule has 3 nitrogen and oxygen atoms in total. The zero-order valence-electron chi connectivity index (χ0n) is 9.15. The topological polar surface area (TPSA) is 59.0 Å². The molecule has 90 valence electrons. The van der Waals surface area contributed by atoms with Crippen molar-refractivity contribution in [3.05, 3.63) is 51.5 Å². The van der Waals surface area contributed by atoms with E-state index in [0.29, 0.717) is 27.8 Å². The van der Waals surface area contributed by atoms with Crippen LogP contribution in [-0.2, 0) is 0 Å². The van der Waals surface area contributed by atoms with Crippen molar-refractivity contribution in [2.45, 2.75) is 0 Å². The first-order chi connectivity index (χ1) is 8.61. The number of nitrogens with two attached hydrogens (primary N) is 1. The van der Waals surface area contributed by atoms with Gasteiger partial charge in [-0.25, -0.2) is 0 Å². The van der Waals surface area contributed by atoms with Crippen LogP contribution in [0.1, 0.15) is 5.56 Å². The lowest BCUT2D eigenvalue weighted by Crippen LogP contribution is -1.93. The predicted molar refractivity (Wildman–Crippen MR) is 74.8 cm³/mol. The summed E-state index contributed by atoms with van der Waals surface area (Å²) in [5.74, 6) is 0.957. The van der Waals surface area contributed by atoms with Crippen LogP contribution >= 0.6 is 27.5 Å². The molecule has 0 amide bonds. The van der Waals surface area contributed by atoms with Crippen LogP contribution in [0.4, 0.5) is 5.69 Å². The first-order valence-electron chi connectivity index (χ1n) is 5.03. The van der Waals surface area contributed by atoms with Gasteiger partial charge in [-0.1, -0.05) is 17.7 Å². The monoisotopic (exact) mass is 322 g/mol. The van der Waals surface area contributed by atoms with E-state index in [0.717, 1.165) is 4.47 Å². The second kappa shape index (κ2) is 5.30. The minimum atomic E-state index is 0.365. The van der Waals surface area contributed by atoms with E-state index in [1.165, 1.54) is 0 Å². The molecule has 0 aliphatic heterocycles. The molecule has 0 saturated carbocycles. The van der Waals surface area contributed by atoms with Gasteiger partial charge in [0.15, 0.2) is 5.75 Å². The van der Waals surface area contributed by atoms with Crippen molar-refractivity contribution in [2.75, 3.05) is 5.73 Å². The van der Waals surface area contributed by atoms with Crippen molar-refractivity contribution in [2.24, 2.45) is 0 Å². The third-order valence-electron chi connectivity index (χ3n) is 2.27. The molecule has 5 heteroatoms. The fourth-order valence-corrected chi connectivity index (χ4v) is 2.08. The summed E-state index contributed by atoms with van der Waals surface area (Å²) in [6.45, 7) is 0. The smallest absolute Gasteiger partial charge is 0.164 e. The molecule has 0 aromatic heterocycles. The summed E-state index contributed by atoms with van der Waals surface area (Å²) in [4.78, 5) is 0. The number of nitriles is 1. The molecule has 2 aromatic rings. The van der Waals surface area contributed by atoms with E-state index in [9.17, 15) is 0 Å². The van der Waals surface area contributed by atoms with Crippen LogP contribution in [0.15, 0.2) is 40.9 Å². The highest BCUT2D eigenvalue weighted by atomic mass is 79.9. The Bertz CT molecular complexity index is 617. The first kappa shape index (κ1) is 12.7. The standard InChI is InChI=1S/C13H8BrClN2O/c14-9-2-1-3-11(17)13(9)18-12-5-4-8(7-16)6-10(12)15/h1-6H,17H2. The summed E-state index contributed by atoms with van der Waals surface area (Å²) < 4.78 is 6.40. The van der Waals surface area contributed by atoms with Crippen LogP contribution in [0.2, 0.25) is 5.02 Å². The van der Waals surface area contributed by atoms with E-state index < -0.39 is 0 Å². The Balaban J connectivity index is 2.38. The molecule has 2 rings (SSSR count). The Kier molecular flexibility index (Phi) is 3.75. The molecule has 2 aromatic carbocycles. The van der Waals surface area contributed by atoms with Crippen molar-refractivity contribution in [1.29, 1.82) is 5.26 Å². The molecule has 0 fully saturated rings. The molecular weight excluding hydrogens is 316 g/mol. The fraction of sp³-hybridized carbons (Fsp3) is 0. The van der Waals surface area contributed by atoms with Gasteiger partial charge in [0.25, 0.3) is 0 Å². The molecule has 0 bridgehead atoms. The summed E-state index contributed by atoms with van der Waals surface area (Å²) in [6.07, 6.45) is 0. The summed E-state index contributed by atoms with van der Waals surface area (Å²) in [7, 11) is 0. The third-order valence-corrected chi connectivity index (χ3v) is 3.19. The van der Waals surface area contributed by atoms with Crippen molar-refractivity contribution in [1.82, 2.24) is 0 Å². The van der Waals surface area contributed by atoms with Gasteiger partial charge in [-0.3, -0.25) is 0 Å². The van der Waals surface area contributed by atoms with E-state index in [-0.39, 0.29) is 0 Å². The minimum Gasteiger partial charge on any atom is -0.452 e. The Morgan fingerprint density at radius 3 is 2.67 bits per heavy atom. The molecule has 0 heterocycles. The second-order valence-electron chi connectivity index (χ2n) is 3.52. The Hall–Kier alpha value is -1.70. The number of para-hydroxylation sites is 1. The Morgan fingerprint density at radius 2 is 2.06 bits per heavy atom. The maximum Gasteiger partial charge on any atom is 0.164 e. The number of ether oxygens (including phenoxy) is 1. The summed E-state index contributed by atoms with van der Waals surface area (Å²) in [5, 5.41) is 9.12. The number of hydrogen-bond acceptors (Lipinski definition) is 3. The lowest BCUT2D eigenvalue weighted by atomic mass is 10.2. The van der Waals surface area contributed by atoms with Crippen LogP contribution < -0.4 is 10.5 Å². The molecule has 0 unspecified atom stereocenters. The molecule has 0 aliphatic carbocycles. The Labute approximate surface area is 118 Å². The Morgan fingerprint density at radius 1 is 1.28 bits per heavy atom. The summed E-state index contributed by atoms with van der Waals surface area (Å²) in [6, 6.07) is 12.2. The maximum atomic E-state index is 8.75. The molecular formula is C13H8BrClN2O. The number of benzene rings is 2. The highest BCUT2D eigenvalue weighted by molar-refractivity contribution is 9.10. The van der Waals surface area contributed by atoms with E-state index >= 15 is 0 Å². The second-order valence-corrected chi connectivity index (χ2v) is 4.78. The van der Waals surface area contributed by atoms with Gasteiger partial charge in [0.05, 0.1) is 26.8 Å². The third kappa shape index (κ3) is 2.58. The van der Waals surface area contributed by atoms with Gasteiger partial charge in [-0.15, -0.1) is 0 Å². The van der Waals surface area contributed by atoms with Gasteiger partial charge in [-0.2, -0.15) is 5.26 Å². The van der Waals surface area contributed by atoms with Gasteiger partial charge in [0.1, 0.15) is 5.75 Å². The number of nitrogen functional groups attached to an aromatic ring is 1. The molecule has 0 atom stereocenters. The van der Waals surface area contributed by atoms with E-state index in [2.05, 4.69) is 15.9 Å². The highest BCUT2D eigenvalue weighted by Crippen LogP contribution is 2.37. The highest BCUT2D eigenvalue weighted by Gasteiger charge is 2.09. The molecule has 0 saturated heterocycles. The van der Waals surface area contributed by atoms with Crippen molar-refractivity contribution < 1.29 is 4.74 Å². The molecule has 0 aliphatic rings. The normalized spacial score (nSPS) is 9.83. The lowest BCUT2D eigenvalue weighted by Gasteiger charge is -2.11. The summed E-state index contributed by atoms with van der Waals surface area (Å²) in [5.41, 5.74) is 6.81. The number of halogens is 2. The van der Waals surface area contributed by atoms with Crippen LogP contribution in [0.5, 0.6) is 11.5 Å². The zero-order valence-corrected chi connectivity index (χ0v) is 11.5. The van der Waals surface area contributed by atoms with Crippen molar-refractivity contribution in [3.63, 3.8) is 0 Å². The number of nitrogens with zero attached hydrogens (tertiary/aromatic N) is 1. The average molecular weight is 324 g/mol. The minimum absolute atomic E-state index is 0.365. The number of anilines is 1. The van der Waals surface area contributed by atoms with Gasteiger partial charge < -0.3 is 10.5 Å². The average Bonchev–Trinajstić information content (AvgIpc) is 2.35. The van der Waals surface area contributed by atoms with Gasteiger partial charge >= 0.3 is 0 Å². The van der Waals surface area contributed by atoms with E-state index in [1.807, 2.05) is 18.2 Å². The maximum absolute atomic E-state index is 8.75. The van der Waals surface area contributed by atoms with Crippen LogP contribution in [0.25, 0.3) is 0 Å². The van der Waals surface area contributed by atoms with Crippen LogP contribution in [0.3, 0.4) is 0 Å². The van der Waals surface area contributed by atoms with E-state index in [1.54, 1.807) is 24.3 Å². The van der Waals surface area contributed by atoms with Gasteiger partial charge in [-0.05, 0) is 46.3 Å². The molecule has 0 spiro atoms. The van der Waals surface area contributed by atoms with Gasteiger partial charge in [0.2, 0.25) is 0 Å². The van der Waals surface area contributed by atoms with Crippen molar-refractivity contribution in [3.8, 4) is 17.6 Å². The van der Waals surface area contributed by atoms with Crippen molar-refractivity contribution >= 4 is 33.2 Å². The van der Waals surface area contributed by atoms with E-state index in [4.69, 9.17) is 27.3 Å². The zero-order chi connectivity index (χ0) is 13.1. The molecule has 2 N–H and O–H groups in total. The lowest BCUT2D eigenvalue weighted by molar-refractivity contribution is 0.482. The summed E-state index contributed by atoms with van der Waals surface area (Å²) >= 11 is 9.39. The number of rotatable bonds is 2. The first-order valence-corrected chi connectivity index (χ1v) is 6.20. The van der Waals surface area contributed by atoms with Gasteiger partial charge in [0, 0.05) is 0 Å². The quantitative estimate of drug-likeness (QED) is 0.836. The SMILES string of the molecule is N#Cc1ccc(Oc2c(N)cccc2Br)c(Cl)c1. The number of hydrogen-bond donors (Lipinski definition) is 1. The predicted octanol–water partition coefficient (Wildman–Crippen LogP) is 4.35. The fourth-order valence-electron chi connectivity index (χ4n) is 1.40. The van der Waals surface area contributed by atoms with Crippen LogP contribution in [-0.4, -0.2) is 0 Å². The van der Waals surface area contributed by atoms with Crippen LogP contribution in [0, 0.1) is 11.3 Å².